The number of tetrazole rings is 1. The number of benzene rings is 2. The number of anilines is 1. The molecule has 1 aliphatic carbocycles. The monoisotopic (exact) mass is 455 g/mol. The molecule has 1 heterocycles. The highest BCUT2D eigenvalue weighted by Crippen LogP contribution is 2.35. The molecule has 0 radical (unpaired) electrons. The van der Waals surface area contributed by atoms with Gasteiger partial charge in [-0.1, -0.05) is 60.5 Å². The second-order valence-electron chi connectivity index (χ2n) is 7.54. The summed E-state index contributed by atoms with van der Waals surface area (Å²) in [5.41, 5.74) is 1.68. The van der Waals surface area contributed by atoms with Crippen molar-refractivity contribution in [1.82, 2.24) is 20.2 Å². The smallest absolute Gasteiger partial charge is 0.178 e. The van der Waals surface area contributed by atoms with E-state index in [0.29, 0.717) is 21.5 Å². The van der Waals surface area contributed by atoms with Crippen molar-refractivity contribution in [2.75, 3.05) is 11.9 Å². The van der Waals surface area contributed by atoms with Crippen molar-refractivity contribution in [3.63, 3.8) is 0 Å². The van der Waals surface area contributed by atoms with Crippen molar-refractivity contribution in [3.8, 4) is 18.1 Å². The Bertz CT molecular complexity index is 1050. The second-order valence-corrected chi connectivity index (χ2v) is 8.38. The summed E-state index contributed by atoms with van der Waals surface area (Å²) in [6.07, 6.45) is 11.1. The van der Waals surface area contributed by atoms with Gasteiger partial charge in [-0.25, -0.2) is 4.68 Å². The van der Waals surface area contributed by atoms with E-state index in [1.54, 1.807) is 18.2 Å². The van der Waals surface area contributed by atoms with E-state index in [1.165, 1.54) is 19.3 Å². The lowest BCUT2D eigenvalue weighted by atomic mass is 9.95. The molecule has 31 heavy (non-hydrogen) atoms. The molecule has 8 heteroatoms. The SMILES string of the molecule is C#CCOc1ccc(C(Nc2cc(Cl)ccc2Cl)c2nnnn2C2CCCCC2)cc1. The third-order valence-electron chi connectivity index (χ3n) is 5.46. The Labute approximate surface area is 191 Å². The lowest BCUT2D eigenvalue weighted by Gasteiger charge is -2.26. The molecule has 160 valence electrons. The quantitative estimate of drug-likeness (QED) is 0.462. The van der Waals surface area contributed by atoms with Gasteiger partial charge in [-0.2, -0.15) is 0 Å². The summed E-state index contributed by atoms with van der Waals surface area (Å²) in [6.45, 7) is 0.221. The van der Waals surface area contributed by atoms with Crippen LogP contribution in [0.15, 0.2) is 42.5 Å². The number of terminal acetylenes is 1. The van der Waals surface area contributed by atoms with Gasteiger partial charge in [0.15, 0.2) is 5.82 Å². The lowest BCUT2D eigenvalue weighted by Crippen LogP contribution is -2.23. The first-order chi connectivity index (χ1) is 15.2. The van der Waals surface area contributed by atoms with Crippen molar-refractivity contribution in [2.45, 2.75) is 44.2 Å². The van der Waals surface area contributed by atoms with E-state index in [-0.39, 0.29) is 18.7 Å². The van der Waals surface area contributed by atoms with E-state index in [0.717, 1.165) is 24.2 Å². The van der Waals surface area contributed by atoms with E-state index < -0.39 is 0 Å². The van der Waals surface area contributed by atoms with Crippen LogP contribution in [-0.2, 0) is 0 Å². The minimum Gasteiger partial charge on any atom is -0.481 e. The number of rotatable bonds is 7. The normalized spacial score (nSPS) is 15.3. The van der Waals surface area contributed by atoms with Crippen LogP contribution in [0, 0.1) is 12.3 Å². The molecule has 1 aromatic heterocycles. The maximum absolute atomic E-state index is 6.44. The minimum atomic E-state index is -0.324. The molecule has 0 saturated heterocycles. The van der Waals surface area contributed by atoms with Gasteiger partial charge in [0.25, 0.3) is 0 Å². The van der Waals surface area contributed by atoms with Crippen LogP contribution in [0.25, 0.3) is 0 Å². The van der Waals surface area contributed by atoms with Gasteiger partial charge < -0.3 is 10.1 Å². The fourth-order valence-electron chi connectivity index (χ4n) is 3.92. The number of hydrogen-bond acceptors (Lipinski definition) is 5. The molecule has 0 aliphatic heterocycles. The zero-order valence-electron chi connectivity index (χ0n) is 17.0. The van der Waals surface area contributed by atoms with Crippen LogP contribution >= 0.6 is 23.2 Å². The summed E-state index contributed by atoms with van der Waals surface area (Å²) >= 11 is 12.7. The Kier molecular flexibility index (Phi) is 6.96. The zero-order chi connectivity index (χ0) is 21.6. The predicted octanol–water partition coefficient (Wildman–Crippen LogP) is 5.70. The second kappa shape index (κ2) is 10.0. The largest absolute Gasteiger partial charge is 0.481 e. The van der Waals surface area contributed by atoms with Gasteiger partial charge in [-0.15, -0.1) is 11.5 Å². The van der Waals surface area contributed by atoms with Gasteiger partial charge in [-0.3, -0.25) is 0 Å². The summed E-state index contributed by atoms with van der Waals surface area (Å²) in [4.78, 5) is 0. The molecule has 1 aliphatic rings. The van der Waals surface area contributed by atoms with Gasteiger partial charge in [-0.05, 0) is 59.2 Å². The van der Waals surface area contributed by atoms with Crippen LogP contribution in [0.4, 0.5) is 5.69 Å². The lowest BCUT2D eigenvalue weighted by molar-refractivity contribution is 0.315. The first-order valence-corrected chi connectivity index (χ1v) is 11.1. The fraction of sp³-hybridized carbons (Fsp3) is 0.348. The van der Waals surface area contributed by atoms with Crippen molar-refractivity contribution >= 4 is 28.9 Å². The Morgan fingerprint density at radius 1 is 1.13 bits per heavy atom. The molecule has 1 unspecified atom stereocenters. The van der Waals surface area contributed by atoms with E-state index in [9.17, 15) is 0 Å². The van der Waals surface area contributed by atoms with E-state index >= 15 is 0 Å². The number of halogens is 2. The summed E-state index contributed by atoms with van der Waals surface area (Å²) in [6, 6.07) is 13.0. The highest BCUT2D eigenvalue weighted by molar-refractivity contribution is 6.35. The maximum Gasteiger partial charge on any atom is 0.178 e. The first kappa shape index (κ1) is 21.5. The third-order valence-corrected chi connectivity index (χ3v) is 6.03. The van der Waals surface area contributed by atoms with E-state index in [2.05, 4.69) is 26.8 Å². The van der Waals surface area contributed by atoms with Crippen LogP contribution in [0.2, 0.25) is 10.0 Å². The zero-order valence-corrected chi connectivity index (χ0v) is 18.5. The third kappa shape index (κ3) is 5.12. The van der Waals surface area contributed by atoms with E-state index in [1.807, 2.05) is 28.9 Å². The van der Waals surface area contributed by atoms with Crippen LogP contribution in [0.1, 0.15) is 55.6 Å². The molecule has 1 atom stereocenters. The molecule has 0 spiro atoms. The summed E-state index contributed by atoms with van der Waals surface area (Å²) in [7, 11) is 0. The molecule has 4 rings (SSSR count). The van der Waals surface area contributed by atoms with Crippen LogP contribution in [0.3, 0.4) is 0 Å². The Balaban J connectivity index is 1.70. The van der Waals surface area contributed by atoms with Crippen molar-refractivity contribution in [2.24, 2.45) is 0 Å². The van der Waals surface area contributed by atoms with Crippen molar-refractivity contribution in [3.05, 3.63) is 63.9 Å². The van der Waals surface area contributed by atoms with Gasteiger partial charge >= 0.3 is 0 Å². The molecule has 1 N–H and O–H groups in total. The van der Waals surface area contributed by atoms with Gasteiger partial charge in [0.1, 0.15) is 18.4 Å². The summed E-state index contributed by atoms with van der Waals surface area (Å²) in [5, 5.41) is 17.4. The molecule has 1 fully saturated rings. The average Bonchev–Trinajstić information content (AvgIpc) is 3.29. The molecular weight excluding hydrogens is 433 g/mol. The van der Waals surface area contributed by atoms with Gasteiger partial charge in [0.05, 0.1) is 16.8 Å². The molecule has 0 amide bonds. The van der Waals surface area contributed by atoms with Crippen molar-refractivity contribution < 1.29 is 4.74 Å². The minimum absolute atomic E-state index is 0.221. The molecule has 3 aromatic rings. The van der Waals surface area contributed by atoms with Crippen LogP contribution < -0.4 is 10.1 Å². The Hall–Kier alpha value is -2.75. The summed E-state index contributed by atoms with van der Waals surface area (Å²) < 4.78 is 7.47. The number of hydrogen-bond donors (Lipinski definition) is 1. The molecule has 2 aromatic carbocycles. The molecule has 0 bridgehead atoms. The standard InChI is InChI=1S/C23H23Cl2N5O/c1-2-14-31-19-11-8-16(9-12-19)22(26-21-15-17(24)10-13-20(21)25)23-27-28-29-30(23)18-6-4-3-5-7-18/h1,8-13,15,18,22,26H,3-7,14H2. The number of nitrogens with zero attached hydrogens (tertiary/aromatic N) is 4. The van der Waals surface area contributed by atoms with Gasteiger partial charge in [0.2, 0.25) is 0 Å². The van der Waals surface area contributed by atoms with Crippen LogP contribution in [0.5, 0.6) is 5.75 Å². The fourth-order valence-corrected chi connectivity index (χ4v) is 4.26. The highest BCUT2D eigenvalue weighted by atomic mass is 35.5. The molecule has 6 nitrogen and oxygen atoms in total. The van der Waals surface area contributed by atoms with Crippen LogP contribution in [-0.4, -0.2) is 26.8 Å². The summed E-state index contributed by atoms with van der Waals surface area (Å²) in [5.74, 6) is 3.91. The topological polar surface area (TPSA) is 64.9 Å². The van der Waals surface area contributed by atoms with E-state index in [4.69, 9.17) is 34.4 Å². The highest BCUT2D eigenvalue weighted by Gasteiger charge is 2.27. The molecular formula is C23H23Cl2N5O. The number of nitrogens with one attached hydrogen (secondary N) is 1. The van der Waals surface area contributed by atoms with Gasteiger partial charge in [0, 0.05) is 5.02 Å². The predicted molar refractivity (Wildman–Crippen MR) is 123 cm³/mol. The number of ether oxygens (including phenoxy) is 1. The van der Waals surface area contributed by atoms with Crippen molar-refractivity contribution in [1.29, 1.82) is 0 Å². The Morgan fingerprint density at radius 3 is 2.65 bits per heavy atom. The first-order valence-electron chi connectivity index (χ1n) is 10.3. The molecule has 1 saturated carbocycles. The maximum atomic E-state index is 6.44. The average molecular weight is 456 g/mol. The number of aromatic nitrogens is 4. The Morgan fingerprint density at radius 2 is 1.90 bits per heavy atom.